The molecule has 0 aromatic carbocycles. The SMILES string of the molecule is O=C([C@@H]1CCCN1C(=O)CC1CCC2=C(C=CC=CC2)C1)N1CCC[C@H]1CO. The van der Waals surface area contributed by atoms with Gasteiger partial charge in [0.25, 0.3) is 0 Å². The van der Waals surface area contributed by atoms with E-state index >= 15 is 0 Å². The highest BCUT2D eigenvalue weighted by Crippen LogP contribution is 2.36. The first-order valence-corrected chi connectivity index (χ1v) is 10.9. The summed E-state index contributed by atoms with van der Waals surface area (Å²) < 4.78 is 0. The van der Waals surface area contributed by atoms with Gasteiger partial charge in [-0.05, 0) is 62.9 Å². The number of carbonyl (C=O) groups is 2. The zero-order valence-electron chi connectivity index (χ0n) is 16.7. The van der Waals surface area contributed by atoms with Crippen LogP contribution in [0.25, 0.3) is 0 Å². The van der Waals surface area contributed by atoms with E-state index in [-0.39, 0.29) is 30.5 Å². The number of amides is 2. The largest absolute Gasteiger partial charge is 0.394 e. The number of rotatable bonds is 4. The fourth-order valence-electron chi connectivity index (χ4n) is 5.34. The predicted octanol–water partition coefficient (Wildman–Crippen LogP) is 2.96. The first-order chi connectivity index (χ1) is 13.7. The first-order valence-electron chi connectivity index (χ1n) is 10.9. The lowest BCUT2D eigenvalue weighted by Gasteiger charge is -2.32. The van der Waals surface area contributed by atoms with Gasteiger partial charge in [-0.25, -0.2) is 0 Å². The Hall–Kier alpha value is -1.88. The maximum atomic E-state index is 13.1. The van der Waals surface area contributed by atoms with Gasteiger partial charge >= 0.3 is 0 Å². The number of nitrogens with zero attached hydrogens (tertiary/aromatic N) is 2. The maximum absolute atomic E-state index is 13.1. The molecule has 4 rings (SSSR count). The summed E-state index contributed by atoms with van der Waals surface area (Å²) in [7, 11) is 0. The number of hydrogen-bond donors (Lipinski definition) is 1. The molecule has 0 bridgehead atoms. The third-order valence-corrected chi connectivity index (χ3v) is 6.92. The standard InChI is InChI=1S/C23H32N2O3/c26-16-20-8-4-12-24(20)23(28)21-9-5-13-25(21)22(27)15-17-10-11-18-6-2-1-3-7-19(18)14-17/h1-3,7,17,20-21,26H,4-6,8-16H2/t17?,20-,21-/m0/s1. The van der Waals surface area contributed by atoms with Gasteiger partial charge < -0.3 is 14.9 Å². The second kappa shape index (κ2) is 8.64. The van der Waals surface area contributed by atoms with E-state index in [0.29, 0.717) is 25.4 Å². The minimum absolute atomic E-state index is 0.0221. The molecule has 0 saturated carbocycles. The monoisotopic (exact) mass is 384 g/mol. The van der Waals surface area contributed by atoms with E-state index in [1.165, 1.54) is 11.1 Å². The van der Waals surface area contributed by atoms with Crippen LogP contribution in [0.3, 0.4) is 0 Å². The van der Waals surface area contributed by atoms with E-state index in [2.05, 4.69) is 24.3 Å². The molecule has 2 fully saturated rings. The molecule has 28 heavy (non-hydrogen) atoms. The highest BCUT2D eigenvalue weighted by atomic mass is 16.3. The van der Waals surface area contributed by atoms with Crippen LogP contribution in [-0.2, 0) is 9.59 Å². The van der Waals surface area contributed by atoms with Crippen molar-refractivity contribution in [1.29, 1.82) is 0 Å². The van der Waals surface area contributed by atoms with Gasteiger partial charge in [-0.2, -0.15) is 0 Å². The average molecular weight is 385 g/mol. The quantitative estimate of drug-likeness (QED) is 0.811. The molecule has 1 unspecified atom stereocenters. The van der Waals surface area contributed by atoms with Crippen molar-refractivity contribution in [3.8, 4) is 0 Å². The van der Waals surface area contributed by atoms with Crippen LogP contribution in [0, 0.1) is 5.92 Å². The van der Waals surface area contributed by atoms with Crippen molar-refractivity contribution in [2.24, 2.45) is 5.92 Å². The summed E-state index contributed by atoms with van der Waals surface area (Å²) in [5, 5.41) is 9.55. The average Bonchev–Trinajstić information content (AvgIpc) is 3.32. The Balaban J connectivity index is 1.38. The van der Waals surface area contributed by atoms with Gasteiger partial charge in [0.2, 0.25) is 11.8 Å². The Bertz CT molecular complexity index is 709. The van der Waals surface area contributed by atoms with Crippen LogP contribution in [0.15, 0.2) is 35.5 Å². The Morgan fingerprint density at radius 2 is 1.89 bits per heavy atom. The fourth-order valence-corrected chi connectivity index (χ4v) is 5.34. The van der Waals surface area contributed by atoms with Crippen molar-refractivity contribution in [1.82, 2.24) is 9.80 Å². The summed E-state index contributed by atoms with van der Waals surface area (Å²) in [6.45, 7) is 1.42. The van der Waals surface area contributed by atoms with Gasteiger partial charge in [-0.3, -0.25) is 9.59 Å². The molecular formula is C23H32N2O3. The van der Waals surface area contributed by atoms with Crippen molar-refractivity contribution in [3.05, 3.63) is 35.5 Å². The number of aliphatic hydroxyl groups excluding tert-OH is 1. The molecule has 5 heteroatoms. The molecular weight excluding hydrogens is 352 g/mol. The molecule has 2 saturated heterocycles. The Morgan fingerprint density at radius 1 is 1.07 bits per heavy atom. The van der Waals surface area contributed by atoms with Crippen molar-refractivity contribution in [2.45, 2.75) is 69.9 Å². The minimum Gasteiger partial charge on any atom is -0.394 e. The number of allylic oxidation sites excluding steroid dienone is 6. The Kier molecular flexibility index (Phi) is 6.00. The highest BCUT2D eigenvalue weighted by molar-refractivity contribution is 5.88. The van der Waals surface area contributed by atoms with Crippen LogP contribution in [0.2, 0.25) is 0 Å². The van der Waals surface area contributed by atoms with E-state index in [1.54, 1.807) is 0 Å². The van der Waals surface area contributed by atoms with Crippen LogP contribution in [0.5, 0.6) is 0 Å². The Morgan fingerprint density at radius 3 is 2.75 bits per heavy atom. The molecule has 0 radical (unpaired) electrons. The molecule has 2 aliphatic carbocycles. The van der Waals surface area contributed by atoms with Gasteiger partial charge in [-0.1, -0.05) is 29.9 Å². The lowest BCUT2D eigenvalue weighted by atomic mass is 9.81. The molecule has 0 aromatic rings. The fraction of sp³-hybridized carbons (Fsp3) is 0.652. The normalized spacial score (nSPS) is 30.0. The van der Waals surface area contributed by atoms with Crippen LogP contribution >= 0.6 is 0 Å². The van der Waals surface area contributed by atoms with Gasteiger partial charge in [0.1, 0.15) is 6.04 Å². The van der Waals surface area contributed by atoms with E-state index in [0.717, 1.165) is 51.4 Å². The summed E-state index contributed by atoms with van der Waals surface area (Å²) in [6.07, 6.45) is 16.8. The summed E-state index contributed by atoms with van der Waals surface area (Å²) >= 11 is 0. The van der Waals surface area contributed by atoms with E-state index < -0.39 is 0 Å². The summed E-state index contributed by atoms with van der Waals surface area (Å²) in [6, 6.07) is -0.385. The molecule has 2 aliphatic heterocycles. The number of aliphatic hydroxyl groups is 1. The smallest absolute Gasteiger partial charge is 0.245 e. The predicted molar refractivity (Wildman–Crippen MR) is 108 cm³/mol. The van der Waals surface area contributed by atoms with E-state index in [1.807, 2.05) is 9.80 Å². The van der Waals surface area contributed by atoms with Crippen molar-refractivity contribution < 1.29 is 14.7 Å². The summed E-state index contributed by atoms with van der Waals surface area (Å²) in [5.74, 6) is 0.566. The van der Waals surface area contributed by atoms with E-state index in [4.69, 9.17) is 0 Å². The Labute approximate surface area is 167 Å². The zero-order valence-corrected chi connectivity index (χ0v) is 16.7. The number of hydrogen-bond acceptors (Lipinski definition) is 3. The molecule has 3 atom stereocenters. The molecule has 5 nitrogen and oxygen atoms in total. The molecule has 0 spiro atoms. The highest BCUT2D eigenvalue weighted by Gasteiger charge is 2.40. The second-order valence-electron chi connectivity index (χ2n) is 8.69. The van der Waals surface area contributed by atoms with Crippen LogP contribution in [-0.4, -0.2) is 58.5 Å². The zero-order chi connectivity index (χ0) is 19.5. The van der Waals surface area contributed by atoms with Crippen molar-refractivity contribution in [3.63, 3.8) is 0 Å². The number of carbonyl (C=O) groups excluding carboxylic acids is 2. The molecule has 4 aliphatic rings. The third kappa shape index (κ3) is 3.95. The van der Waals surface area contributed by atoms with Crippen LogP contribution in [0.1, 0.15) is 57.8 Å². The molecule has 0 aromatic heterocycles. The first kappa shape index (κ1) is 19.4. The second-order valence-corrected chi connectivity index (χ2v) is 8.69. The lowest BCUT2D eigenvalue weighted by molar-refractivity contribution is -0.145. The minimum atomic E-state index is -0.319. The van der Waals surface area contributed by atoms with Crippen LogP contribution < -0.4 is 0 Å². The molecule has 152 valence electrons. The summed E-state index contributed by atoms with van der Waals surface area (Å²) in [4.78, 5) is 29.8. The third-order valence-electron chi connectivity index (χ3n) is 6.92. The summed E-state index contributed by atoms with van der Waals surface area (Å²) in [5.41, 5.74) is 2.93. The van der Waals surface area contributed by atoms with Gasteiger partial charge in [0.05, 0.1) is 12.6 Å². The van der Waals surface area contributed by atoms with Crippen LogP contribution in [0.4, 0.5) is 0 Å². The van der Waals surface area contributed by atoms with Gasteiger partial charge in [0.15, 0.2) is 0 Å². The van der Waals surface area contributed by atoms with Crippen molar-refractivity contribution in [2.75, 3.05) is 19.7 Å². The molecule has 2 heterocycles. The maximum Gasteiger partial charge on any atom is 0.245 e. The van der Waals surface area contributed by atoms with Gasteiger partial charge in [0, 0.05) is 19.5 Å². The van der Waals surface area contributed by atoms with Gasteiger partial charge in [-0.15, -0.1) is 0 Å². The van der Waals surface area contributed by atoms with E-state index in [9.17, 15) is 14.7 Å². The van der Waals surface area contributed by atoms with Crippen molar-refractivity contribution >= 4 is 11.8 Å². The number of likely N-dealkylation sites (tertiary alicyclic amines) is 2. The molecule has 1 N–H and O–H groups in total. The molecule has 2 amide bonds. The lowest BCUT2D eigenvalue weighted by Crippen LogP contribution is -2.50. The topological polar surface area (TPSA) is 60.9 Å².